The first kappa shape index (κ1) is 11.3. The highest BCUT2D eigenvalue weighted by atomic mass is 16.5. The van der Waals surface area contributed by atoms with Crippen LogP contribution in [0.2, 0.25) is 0 Å². The number of aromatic nitrogens is 1. The molecule has 88 valence electrons. The fourth-order valence-corrected chi connectivity index (χ4v) is 1.41. The molecule has 0 saturated heterocycles. The molecule has 1 aromatic carbocycles. The van der Waals surface area contributed by atoms with E-state index in [9.17, 15) is 0 Å². The van der Waals surface area contributed by atoms with Crippen molar-refractivity contribution in [2.45, 2.75) is 6.61 Å². The summed E-state index contributed by atoms with van der Waals surface area (Å²) >= 11 is 0. The van der Waals surface area contributed by atoms with Gasteiger partial charge in [0.05, 0.1) is 12.8 Å². The third-order valence-electron chi connectivity index (χ3n) is 2.24. The molecule has 2 aromatic rings. The Morgan fingerprint density at radius 3 is 2.76 bits per heavy atom. The van der Waals surface area contributed by atoms with Crippen LogP contribution >= 0.6 is 0 Å². The molecule has 0 amide bonds. The Balaban J connectivity index is 2.02. The number of rotatable bonds is 4. The number of benzene rings is 1. The number of nitrogens with zero attached hydrogens (tertiary/aromatic N) is 1. The van der Waals surface area contributed by atoms with E-state index in [1.54, 1.807) is 19.2 Å². The lowest BCUT2D eigenvalue weighted by molar-refractivity contribution is 0.298. The van der Waals surface area contributed by atoms with E-state index < -0.39 is 0 Å². The van der Waals surface area contributed by atoms with E-state index in [0.29, 0.717) is 18.2 Å². The molecule has 0 unspecified atom stereocenters. The lowest BCUT2D eigenvalue weighted by Crippen LogP contribution is -1.99. The minimum Gasteiger partial charge on any atom is -0.487 e. The predicted molar refractivity (Wildman–Crippen MR) is 66.0 cm³/mol. The zero-order chi connectivity index (χ0) is 12.1. The van der Waals surface area contributed by atoms with Gasteiger partial charge in [0.25, 0.3) is 0 Å². The van der Waals surface area contributed by atoms with Crippen LogP contribution in [0, 0.1) is 0 Å². The summed E-state index contributed by atoms with van der Waals surface area (Å²) in [5.74, 6) is 1.31. The van der Waals surface area contributed by atoms with Crippen molar-refractivity contribution in [3.63, 3.8) is 0 Å². The van der Waals surface area contributed by atoms with Gasteiger partial charge in [-0.1, -0.05) is 12.1 Å². The Kier molecular flexibility index (Phi) is 3.45. The second kappa shape index (κ2) is 5.21. The molecule has 0 aliphatic carbocycles. The van der Waals surface area contributed by atoms with Gasteiger partial charge in [0.2, 0.25) is 5.88 Å². The molecule has 0 fully saturated rings. The Bertz CT molecular complexity index is 500. The van der Waals surface area contributed by atoms with Gasteiger partial charge >= 0.3 is 0 Å². The third kappa shape index (κ3) is 3.11. The van der Waals surface area contributed by atoms with Gasteiger partial charge in [-0.25, -0.2) is 4.98 Å². The van der Waals surface area contributed by atoms with Crippen molar-refractivity contribution in [1.29, 1.82) is 0 Å². The van der Waals surface area contributed by atoms with Gasteiger partial charge in [0.1, 0.15) is 12.4 Å². The predicted octanol–water partition coefficient (Wildman–Crippen LogP) is 2.25. The van der Waals surface area contributed by atoms with Gasteiger partial charge in [-0.05, 0) is 18.2 Å². The molecular weight excluding hydrogens is 216 g/mol. The second-order valence-corrected chi connectivity index (χ2v) is 3.53. The highest BCUT2D eigenvalue weighted by Gasteiger charge is 1.99. The molecule has 1 aromatic heterocycles. The number of nitrogens with two attached hydrogens (primary N) is 1. The third-order valence-corrected chi connectivity index (χ3v) is 2.24. The maximum atomic E-state index is 5.66. The van der Waals surface area contributed by atoms with Crippen LogP contribution in [-0.2, 0) is 6.61 Å². The van der Waals surface area contributed by atoms with Crippen molar-refractivity contribution in [1.82, 2.24) is 4.98 Å². The first-order valence-electron chi connectivity index (χ1n) is 5.26. The number of nitrogen functional groups attached to an aromatic ring is 1. The number of hydrogen-bond donors (Lipinski definition) is 1. The molecule has 0 spiro atoms. The first-order valence-corrected chi connectivity index (χ1v) is 5.26. The van der Waals surface area contributed by atoms with Crippen LogP contribution in [0.25, 0.3) is 0 Å². The summed E-state index contributed by atoms with van der Waals surface area (Å²) in [7, 11) is 1.59. The Labute approximate surface area is 100 Å². The van der Waals surface area contributed by atoms with Crippen molar-refractivity contribution in [2.24, 2.45) is 0 Å². The van der Waals surface area contributed by atoms with E-state index >= 15 is 0 Å². The van der Waals surface area contributed by atoms with Crippen molar-refractivity contribution in [3.8, 4) is 11.6 Å². The highest BCUT2D eigenvalue weighted by molar-refractivity contribution is 5.43. The lowest BCUT2D eigenvalue weighted by Gasteiger charge is -2.07. The molecule has 1 heterocycles. The van der Waals surface area contributed by atoms with Crippen molar-refractivity contribution in [2.75, 3.05) is 12.8 Å². The maximum Gasteiger partial charge on any atom is 0.213 e. The molecule has 0 aliphatic rings. The summed E-state index contributed by atoms with van der Waals surface area (Å²) in [6, 6.07) is 12.9. The highest BCUT2D eigenvalue weighted by Crippen LogP contribution is 2.16. The van der Waals surface area contributed by atoms with Crippen molar-refractivity contribution in [3.05, 3.63) is 48.2 Å². The minimum atomic E-state index is 0.390. The monoisotopic (exact) mass is 230 g/mol. The van der Waals surface area contributed by atoms with E-state index in [4.69, 9.17) is 15.2 Å². The summed E-state index contributed by atoms with van der Waals surface area (Å²) in [6.45, 7) is 0.390. The largest absolute Gasteiger partial charge is 0.487 e. The topological polar surface area (TPSA) is 57.4 Å². The van der Waals surface area contributed by atoms with E-state index in [-0.39, 0.29) is 0 Å². The Morgan fingerprint density at radius 1 is 1.18 bits per heavy atom. The van der Waals surface area contributed by atoms with Crippen LogP contribution in [0.1, 0.15) is 5.69 Å². The fraction of sp³-hybridized carbons (Fsp3) is 0.154. The average molecular weight is 230 g/mol. The Hall–Kier alpha value is -2.23. The number of anilines is 1. The van der Waals surface area contributed by atoms with Crippen molar-refractivity contribution >= 4 is 5.69 Å². The number of ether oxygens (including phenoxy) is 2. The second-order valence-electron chi connectivity index (χ2n) is 3.53. The van der Waals surface area contributed by atoms with E-state index in [1.165, 1.54) is 0 Å². The molecule has 0 radical (unpaired) electrons. The molecule has 0 bridgehead atoms. The van der Waals surface area contributed by atoms with Crippen LogP contribution in [0.5, 0.6) is 11.6 Å². The molecule has 0 saturated carbocycles. The summed E-state index contributed by atoms with van der Waals surface area (Å²) in [6.07, 6.45) is 0. The van der Waals surface area contributed by atoms with Crippen LogP contribution in [0.15, 0.2) is 42.5 Å². The molecule has 2 N–H and O–H groups in total. The summed E-state index contributed by atoms with van der Waals surface area (Å²) in [4.78, 5) is 4.25. The number of methoxy groups -OCH3 is 1. The zero-order valence-corrected chi connectivity index (χ0v) is 9.59. The standard InChI is InChI=1S/C13H14N2O2/c1-16-13-7-3-5-11(15-13)9-17-12-6-2-4-10(14)8-12/h2-8H,9,14H2,1H3. The molecular formula is C13H14N2O2. The fourth-order valence-electron chi connectivity index (χ4n) is 1.41. The van der Waals surface area contributed by atoms with Crippen LogP contribution < -0.4 is 15.2 Å². The number of hydrogen-bond acceptors (Lipinski definition) is 4. The van der Waals surface area contributed by atoms with E-state index in [1.807, 2.05) is 30.3 Å². The maximum absolute atomic E-state index is 5.66. The number of pyridine rings is 1. The SMILES string of the molecule is COc1cccc(COc2cccc(N)c2)n1. The molecule has 0 atom stereocenters. The van der Waals surface area contributed by atoms with E-state index in [0.717, 1.165) is 11.4 Å². The van der Waals surface area contributed by atoms with Crippen LogP contribution in [-0.4, -0.2) is 12.1 Å². The van der Waals surface area contributed by atoms with Crippen LogP contribution in [0.4, 0.5) is 5.69 Å². The summed E-state index contributed by atoms with van der Waals surface area (Å²) < 4.78 is 10.6. The molecule has 4 heteroatoms. The molecule has 17 heavy (non-hydrogen) atoms. The smallest absolute Gasteiger partial charge is 0.213 e. The molecule has 0 aliphatic heterocycles. The average Bonchev–Trinajstić information content (AvgIpc) is 2.37. The Morgan fingerprint density at radius 2 is 2.00 bits per heavy atom. The quantitative estimate of drug-likeness (QED) is 0.818. The van der Waals surface area contributed by atoms with Crippen LogP contribution in [0.3, 0.4) is 0 Å². The zero-order valence-electron chi connectivity index (χ0n) is 9.59. The van der Waals surface area contributed by atoms with Gasteiger partial charge in [-0.15, -0.1) is 0 Å². The van der Waals surface area contributed by atoms with E-state index in [2.05, 4.69) is 4.98 Å². The molecule has 4 nitrogen and oxygen atoms in total. The first-order chi connectivity index (χ1) is 8.28. The van der Waals surface area contributed by atoms with Gasteiger partial charge in [0, 0.05) is 17.8 Å². The van der Waals surface area contributed by atoms with Crippen molar-refractivity contribution < 1.29 is 9.47 Å². The van der Waals surface area contributed by atoms with Gasteiger partial charge in [-0.3, -0.25) is 0 Å². The van der Waals surface area contributed by atoms with Gasteiger partial charge < -0.3 is 15.2 Å². The van der Waals surface area contributed by atoms with Gasteiger partial charge in [0.15, 0.2) is 0 Å². The molecule has 2 rings (SSSR count). The lowest BCUT2D eigenvalue weighted by atomic mass is 10.3. The summed E-state index contributed by atoms with van der Waals surface area (Å²) in [5.41, 5.74) is 7.15. The summed E-state index contributed by atoms with van der Waals surface area (Å²) in [5, 5.41) is 0. The normalized spacial score (nSPS) is 9.94. The minimum absolute atomic E-state index is 0.390. The van der Waals surface area contributed by atoms with Gasteiger partial charge in [-0.2, -0.15) is 0 Å².